The van der Waals surface area contributed by atoms with Crippen molar-refractivity contribution in [1.29, 1.82) is 0 Å². The molecule has 11 heteroatoms. The number of halogens is 3. The lowest BCUT2D eigenvalue weighted by Crippen LogP contribution is -2.42. The highest BCUT2D eigenvalue weighted by Gasteiger charge is 2.37. The van der Waals surface area contributed by atoms with E-state index in [4.69, 9.17) is 9.47 Å². The number of methoxy groups -OCH3 is 1. The van der Waals surface area contributed by atoms with Crippen molar-refractivity contribution in [2.24, 2.45) is 5.92 Å². The van der Waals surface area contributed by atoms with E-state index in [-0.39, 0.29) is 43.4 Å². The summed E-state index contributed by atoms with van der Waals surface area (Å²) < 4.78 is 52.4. The van der Waals surface area contributed by atoms with Crippen LogP contribution < -0.4 is 15.4 Å². The molecule has 0 radical (unpaired) electrons. The van der Waals surface area contributed by atoms with E-state index < -0.39 is 11.7 Å². The molecule has 1 amide bonds. The van der Waals surface area contributed by atoms with Crippen LogP contribution in [0.3, 0.4) is 0 Å². The monoisotopic (exact) mass is 537 g/mol. The maximum Gasteiger partial charge on any atom is 0.419 e. The molecule has 0 bridgehead atoms. The topological polar surface area (TPSA) is 88.6 Å². The van der Waals surface area contributed by atoms with Gasteiger partial charge in [0.15, 0.2) is 0 Å². The third-order valence-corrected chi connectivity index (χ3v) is 6.95. The highest BCUT2D eigenvalue weighted by molar-refractivity contribution is 5.73. The summed E-state index contributed by atoms with van der Waals surface area (Å²) in [5.74, 6) is 0.306. The lowest BCUT2D eigenvalue weighted by molar-refractivity contribution is -0.139. The van der Waals surface area contributed by atoms with Gasteiger partial charge in [-0.2, -0.15) is 13.2 Å². The summed E-state index contributed by atoms with van der Waals surface area (Å²) in [5, 5.41) is 5.94. The molecule has 4 rings (SSSR count). The molecule has 2 atom stereocenters. The highest BCUT2D eigenvalue weighted by atomic mass is 19.4. The Kier molecular flexibility index (Phi) is 10.3. The van der Waals surface area contributed by atoms with Gasteiger partial charge in [0.05, 0.1) is 37.3 Å². The second-order valence-corrected chi connectivity index (χ2v) is 9.66. The normalized spacial score (nSPS) is 20.3. The summed E-state index contributed by atoms with van der Waals surface area (Å²) in [5.41, 5.74) is 0.695. The molecule has 2 heterocycles. The first kappa shape index (κ1) is 29.6. The summed E-state index contributed by atoms with van der Waals surface area (Å²) in [6.45, 7) is 5.30. The average Bonchev–Trinajstić information content (AvgIpc) is 2.86. The third kappa shape index (κ3) is 7.80. The first-order chi connectivity index (χ1) is 17.7. The third-order valence-electron chi connectivity index (χ3n) is 6.95. The van der Waals surface area contributed by atoms with Gasteiger partial charge >= 0.3 is 6.18 Å². The van der Waals surface area contributed by atoms with E-state index in [1.807, 2.05) is 18.2 Å². The number of amides is 1. The van der Waals surface area contributed by atoms with Gasteiger partial charge in [-0.3, -0.25) is 9.69 Å². The van der Waals surface area contributed by atoms with Gasteiger partial charge < -0.3 is 20.1 Å². The maximum atomic E-state index is 13.8. The van der Waals surface area contributed by atoms with Gasteiger partial charge in [-0.15, -0.1) is 0 Å². The molecule has 0 spiro atoms. The zero-order valence-electron chi connectivity index (χ0n) is 21.2. The van der Waals surface area contributed by atoms with Crippen molar-refractivity contribution in [3.63, 3.8) is 0 Å². The molecule has 2 aliphatic rings. The van der Waals surface area contributed by atoms with E-state index in [0.717, 1.165) is 57.1 Å². The van der Waals surface area contributed by atoms with Crippen LogP contribution in [-0.2, 0) is 28.7 Å². The molecule has 1 saturated carbocycles. The van der Waals surface area contributed by atoms with Crippen molar-refractivity contribution in [1.82, 2.24) is 20.2 Å². The van der Waals surface area contributed by atoms with Gasteiger partial charge in [-0.05, 0) is 42.9 Å². The molecule has 210 valence electrons. The predicted molar refractivity (Wildman–Crippen MR) is 139 cm³/mol. The van der Waals surface area contributed by atoms with E-state index in [1.165, 1.54) is 6.92 Å². The molecule has 2 aromatic rings. The van der Waals surface area contributed by atoms with Crippen LogP contribution in [0, 0.1) is 5.92 Å². The molecule has 2 N–H and O–H groups in total. The Morgan fingerprint density at radius 1 is 1.21 bits per heavy atom. The van der Waals surface area contributed by atoms with Gasteiger partial charge in [0, 0.05) is 38.8 Å². The Morgan fingerprint density at radius 2 is 1.95 bits per heavy atom. The van der Waals surface area contributed by atoms with Gasteiger partial charge in [0.1, 0.15) is 5.75 Å². The minimum atomic E-state index is -4.58. The highest BCUT2D eigenvalue weighted by Crippen LogP contribution is 2.36. The number of anilines is 2. The zero-order chi connectivity index (χ0) is 26.4. The molecule has 1 aromatic heterocycles. The number of nitrogens with zero attached hydrogens (tertiary/aromatic N) is 3. The number of alkyl halides is 3. The minimum absolute atomic E-state index is 0. The maximum absolute atomic E-state index is 13.8. The Bertz CT molecular complexity index is 1080. The molecule has 1 aromatic carbocycles. The van der Waals surface area contributed by atoms with Crippen LogP contribution in [0.4, 0.5) is 24.8 Å². The van der Waals surface area contributed by atoms with E-state index in [2.05, 4.69) is 25.5 Å². The standard InChI is InChI=1S/C26H34F3N5O3.CH4/c1-17(35)31-21-6-4-3-5-19(21)14-23-20(26(27,28)29)15-30-25(33-23)32-22-8-7-18(13-24(22)36-2)16-34-9-11-37-12-10-34;/h7-8,13,15,19,21H,3-6,9-12,14,16H2,1-2H3,(H,31,35)(H,30,32,33);1H4/t19-,21+;/m0./s1. The quantitative estimate of drug-likeness (QED) is 0.493. The Hall–Kier alpha value is -2.92. The molecule has 0 unspecified atom stereocenters. The number of rotatable bonds is 8. The number of morpholine rings is 1. The largest absolute Gasteiger partial charge is 0.495 e. The summed E-state index contributed by atoms with van der Waals surface area (Å²) in [6, 6.07) is 5.51. The first-order valence-corrected chi connectivity index (χ1v) is 12.7. The van der Waals surface area contributed by atoms with E-state index >= 15 is 0 Å². The molecule has 1 aliphatic carbocycles. The average molecular weight is 538 g/mol. The molecule has 8 nitrogen and oxygen atoms in total. The first-order valence-electron chi connectivity index (χ1n) is 12.7. The van der Waals surface area contributed by atoms with Crippen molar-refractivity contribution in [3.05, 3.63) is 41.2 Å². The molecular weight excluding hydrogens is 499 g/mol. The van der Waals surface area contributed by atoms with Crippen LogP contribution >= 0.6 is 0 Å². The van der Waals surface area contributed by atoms with E-state index in [0.29, 0.717) is 24.7 Å². The molecule has 1 saturated heterocycles. The molecule has 38 heavy (non-hydrogen) atoms. The Balaban J connectivity index is 0.00000400. The summed E-state index contributed by atoms with van der Waals surface area (Å²) in [7, 11) is 1.54. The molecule has 1 aliphatic heterocycles. The fraction of sp³-hybridized carbons (Fsp3) is 0.593. The van der Waals surface area contributed by atoms with Gasteiger partial charge in [0.2, 0.25) is 11.9 Å². The van der Waals surface area contributed by atoms with E-state index in [9.17, 15) is 18.0 Å². The zero-order valence-corrected chi connectivity index (χ0v) is 21.2. The fourth-order valence-electron chi connectivity index (χ4n) is 5.10. The number of carbonyl (C=O) groups is 1. The number of hydrogen-bond donors (Lipinski definition) is 2. The van der Waals surface area contributed by atoms with Crippen LogP contribution in [0.2, 0.25) is 0 Å². The lowest BCUT2D eigenvalue weighted by Gasteiger charge is -2.32. The second-order valence-electron chi connectivity index (χ2n) is 9.66. The number of ether oxygens (including phenoxy) is 2. The Morgan fingerprint density at radius 3 is 2.63 bits per heavy atom. The summed E-state index contributed by atoms with van der Waals surface area (Å²) >= 11 is 0. The second kappa shape index (κ2) is 13.2. The van der Waals surface area contributed by atoms with Crippen molar-refractivity contribution in [3.8, 4) is 5.75 Å². The van der Waals surface area contributed by atoms with Crippen LogP contribution in [0.5, 0.6) is 5.75 Å². The fourth-order valence-corrected chi connectivity index (χ4v) is 5.10. The van der Waals surface area contributed by atoms with Gasteiger partial charge in [-0.1, -0.05) is 26.3 Å². The van der Waals surface area contributed by atoms with Gasteiger partial charge in [0.25, 0.3) is 0 Å². The number of nitrogens with one attached hydrogen (secondary N) is 2. The number of benzene rings is 1. The van der Waals surface area contributed by atoms with Gasteiger partial charge in [-0.25, -0.2) is 9.97 Å². The van der Waals surface area contributed by atoms with Crippen molar-refractivity contribution in [2.75, 3.05) is 38.7 Å². The Labute approximate surface area is 222 Å². The smallest absolute Gasteiger partial charge is 0.419 e. The van der Waals surface area contributed by atoms with Crippen molar-refractivity contribution in [2.45, 2.75) is 65.2 Å². The molecule has 2 fully saturated rings. The van der Waals surface area contributed by atoms with Crippen molar-refractivity contribution < 1.29 is 27.4 Å². The van der Waals surface area contributed by atoms with Crippen LogP contribution in [0.15, 0.2) is 24.4 Å². The number of hydrogen-bond acceptors (Lipinski definition) is 7. The van der Waals surface area contributed by atoms with Crippen molar-refractivity contribution >= 4 is 17.5 Å². The lowest BCUT2D eigenvalue weighted by atomic mass is 9.81. The summed E-state index contributed by atoms with van der Waals surface area (Å²) in [6.07, 6.45) is -0.321. The number of aromatic nitrogens is 2. The minimum Gasteiger partial charge on any atom is -0.495 e. The van der Waals surface area contributed by atoms with Crippen LogP contribution in [0.1, 0.15) is 56.9 Å². The predicted octanol–water partition coefficient (Wildman–Crippen LogP) is 4.95. The van der Waals surface area contributed by atoms with Crippen LogP contribution in [-0.4, -0.2) is 60.2 Å². The number of carbonyl (C=O) groups excluding carboxylic acids is 1. The van der Waals surface area contributed by atoms with E-state index in [1.54, 1.807) is 7.11 Å². The molecular formula is C27H38F3N5O3. The SMILES string of the molecule is C.COc1cc(CN2CCOCC2)ccc1Nc1ncc(C(F)(F)F)c(C[C@@H]2CCCC[C@H]2NC(C)=O)n1. The summed E-state index contributed by atoms with van der Waals surface area (Å²) in [4.78, 5) is 22.2. The van der Waals surface area contributed by atoms with Crippen LogP contribution in [0.25, 0.3) is 0 Å².